The van der Waals surface area contributed by atoms with Crippen LogP contribution in [-0.4, -0.2) is 41.5 Å². The van der Waals surface area contributed by atoms with E-state index in [0.717, 1.165) is 11.5 Å². The lowest BCUT2D eigenvalue weighted by Crippen LogP contribution is -2.47. The largest absolute Gasteiger partial charge is 0.372 e. The fourth-order valence-electron chi connectivity index (χ4n) is 1.74. The molecule has 92 valence electrons. The van der Waals surface area contributed by atoms with Crippen LogP contribution in [0.15, 0.2) is 0 Å². The first-order valence-electron chi connectivity index (χ1n) is 5.63. The average Bonchev–Trinajstić information content (AvgIpc) is 2.17. The Kier molecular flexibility index (Phi) is 4.56. The number of carbonyl (C=O) groups is 2. The molecule has 3 nitrogen and oxygen atoms in total. The molecule has 1 heterocycles. The Balaban J connectivity index is 2.82. The first-order chi connectivity index (χ1) is 7.34. The number of Topliss-reactive ketones (excluding diaryl/α,β-unsaturated/α-hetero) is 2. The summed E-state index contributed by atoms with van der Waals surface area (Å²) in [5.41, 5.74) is -0.429. The van der Waals surface area contributed by atoms with Gasteiger partial charge in [-0.25, -0.2) is 0 Å². The SMILES string of the molecule is CC(=O)C(C(=O)C(C)(C)C)[S+]1CCOCC1. The molecule has 16 heavy (non-hydrogen) atoms. The van der Waals surface area contributed by atoms with Gasteiger partial charge in [-0.05, 0) is 0 Å². The van der Waals surface area contributed by atoms with E-state index in [9.17, 15) is 9.59 Å². The van der Waals surface area contributed by atoms with E-state index in [2.05, 4.69) is 0 Å². The minimum atomic E-state index is -0.429. The van der Waals surface area contributed by atoms with E-state index in [1.807, 2.05) is 20.8 Å². The van der Waals surface area contributed by atoms with Crippen molar-refractivity contribution in [3.05, 3.63) is 0 Å². The van der Waals surface area contributed by atoms with Crippen LogP contribution in [0.4, 0.5) is 0 Å². The number of hydrogen-bond acceptors (Lipinski definition) is 3. The maximum absolute atomic E-state index is 12.3. The standard InChI is InChI=1S/C12H21O3S/c1-9(13)10(11(14)12(2,3)4)16-7-5-15-6-8-16/h10H,5-8H2,1-4H3/q+1. The minimum absolute atomic E-state index is 0.0187. The first-order valence-corrected chi connectivity index (χ1v) is 7.25. The molecule has 1 aliphatic rings. The van der Waals surface area contributed by atoms with Crippen LogP contribution in [0.1, 0.15) is 27.7 Å². The quantitative estimate of drug-likeness (QED) is 0.554. The molecule has 1 unspecified atom stereocenters. The van der Waals surface area contributed by atoms with Gasteiger partial charge in [0, 0.05) is 23.2 Å². The van der Waals surface area contributed by atoms with Crippen LogP contribution in [0, 0.1) is 5.41 Å². The summed E-state index contributed by atoms with van der Waals surface area (Å²) in [4.78, 5) is 23.9. The highest BCUT2D eigenvalue weighted by Crippen LogP contribution is 2.24. The van der Waals surface area contributed by atoms with E-state index < -0.39 is 10.7 Å². The average molecular weight is 245 g/mol. The monoisotopic (exact) mass is 245 g/mol. The van der Waals surface area contributed by atoms with Gasteiger partial charge >= 0.3 is 0 Å². The zero-order valence-electron chi connectivity index (χ0n) is 10.5. The zero-order chi connectivity index (χ0) is 12.3. The Hall–Kier alpha value is -0.350. The third-order valence-electron chi connectivity index (χ3n) is 2.66. The van der Waals surface area contributed by atoms with Crippen LogP contribution >= 0.6 is 0 Å². The summed E-state index contributed by atoms with van der Waals surface area (Å²) in [6.45, 7) is 8.56. The predicted molar refractivity (Wildman–Crippen MR) is 66.8 cm³/mol. The van der Waals surface area contributed by atoms with E-state index in [4.69, 9.17) is 4.74 Å². The van der Waals surface area contributed by atoms with Crippen molar-refractivity contribution in [1.29, 1.82) is 0 Å². The highest BCUT2D eigenvalue weighted by Gasteiger charge is 2.45. The van der Waals surface area contributed by atoms with Gasteiger partial charge in [0.1, 0.15) is 11.5 Å². The van der Waals surface area contributed by atoms with Gasteiger partial charge in [-0.15, -0.1) is 0 Å². The van der Waals surface area contributed by atoms with Gasteiger partial charge in [-0.3, -0.25) is 9.59 Å². The molecule has 1 aliphatic heterocycles. The van der Waals surface area contributed by atoms with E-state index >= 15 is 0 Å². The number of carbonyl (C=O) groups excluding carboxylic acids is 2. The molecule has 0 spiro atoms. The summed E-state index contributed by atoms with van der Waals surface area (Å²) in [6.07, 6.45) is 0. The molecule has 0 saturated carbocycles. The van der Waals surface area contributed by atoms with E-state index in [-0.39, 0.29) is 22.5 Å². The van der Waals surface area contributed by atoms with Crippen LogP contribution < -0.4 is 0 Å². The van der Waals surface area contributed by atoms with E-state index in [1.54, 1.807) is 0 Å². The third-order valence-corrected chi connectivity index (χ3v) is 5.25. The van der Waals surface area contributed by atoms with Crippen LogP contribution in [0.25, 0.3) is 0 Å². The summed E-state index contributed by atoms with van der Waals surface area (Å²) in [5, 5.41) is -0.399. The van der Waals surface area contributed by atoms with Crippen molar-refractivity contribution >= 4 is 22.5 Å². The lowest BCUT2D eigenvalue weighted by atomic mass is 9.88. The van der Waals surface area contributed by atoms with Crippen molar-refractivity contribution in [2.75, 3.05) is 24.7 Å². The van der Waals surface area contributed by atoms with Crippen molar-refractivity contribution in [2.45, 2.75) is 32.9 Å². The van der Waals surface area contributed by atoms with Gasteiger partial charge in [-0.1, -0.05) is 20.8 Å². The predicted octanol–water partition coefficient (Wildman–Crippen LogP) is 1.21. The van der Waals surface area contributed by atoms with E-state index in [0.29, 0.717) is 13.2 Å². The summed E-state index contributed by atoms with van der Waals surface area (Å²) >= 11 is 0. The number of hydrogen-bond donors (Lipinski definition) is 0. The summed E-state index contributed by atoms with van der Waals surface area (Å²) < 4.78 is 5.28. The minimum Gasteiger partial charge on any atom is -0.372 e. The molecule has 1 saturated heterocycles. The fourth-order valence-corrected chi connectivity index (χ4v) is 4.20. The maximum atomic E-state index is 12.3. The number of rotatable bonds is 3. The topological polar surface area (TPSA) is 43.4 Å². The van der Waals surface area contributed by atoms with Gasteiger partial charge < -0.3 is 4.74 Å². The van der Waals surface area contributed by atoms with Crippen LogP contribution in [0.5, 0.6) is 0 Å². The molecule has 4 heteroatoms. The Labute approximate surface area is 100 Å². The maximum Gasteiger partial charge on any atom is 0.233 e. The molecule has 1 fully saturated rings. The van der Waals surface area contributed by atoms with Gasteiger partial charge in [-0.2, -0.15) is 0 Å². The molecule has 0 aromatic carbocycles. The molecule has 1 rings (SSSR count). The lowest BCUT2D eigenvalue weighted by molar-refractivity contribution is -0.130. The molecule has 1 atom stereocenters. The Morgan fingerprint density at radius 1 is 1.19 bits per heavy atom. The molecule has 0 aromatic rings. The Morgan fingerprint density at radius 2 is 1.69 bits per heavy atom. The highest BCUT2D eigenvalue weighted by atomic mass is 32.2. The van der Waals surface area contributed by atoms with Crippen molar-refractivity contribution < 1.29 is 14.3 Å². The highest BCUT2D eigenvalue weighted by molar-refractivity contribution is 7.99. The van der Waals surface area contributed by atoms with Gasteiger partial charge in [0.2, 0.25) is 5.25 Å². The van der Waals surface area contributed by atoms with Crippen LogP contribution in [-0.2, 0) is 25.2 Å². The van der Waals surface area contributed by atoms with Crippen molar-refractivity contribution in [3.63, 3.8) is 0 Å². The molecule has 0 bridgehead atoms. The fraction of sp³-hybridized carbons (Fsp3) is 0.833. The Morgan fingerprint density at radius 3 is 2.06 bits per heavy atom. The van der Waals surface area contributed by atoms with Gasteiger partial charge in [0.05, 0.1) is 13.2 Å². The summed E-state index contributed by atoms with van der Waals surface area (Å²) in [5.74, 6) is 1.81. The number of ketones is 2. The molecular formula is C12H21O3S+. The smallest absolute Gasteiger partial charge is 0.233 e. The van der Waals surface area contributed by atoms with Crippen molar-refractivity contribution in [2.24, 2.45) is 5.41 Å². The zero-order valence-corrected chi connectivity index (χ0v) is 11.4. The summed E-state index contributed by atoms with van der Waals surface area (Å²) in [6, 6.07) is 0. The molecule has 0 radical (unpaired) electrons. The molecule has 0 aromatic heterocycles. The molecule has 0 N–H and O–H groups in total. The lowest BCUT2D eigenvalue weighted by Gasteiger charge is -2.25. The second-order valence-electron chi connectivity index (χ2n) is 5.16. The molecule has 0 aliphatic carbocycles. The first kappa shape index (κ1) is 13.7. The van der Waals surface area contributed by atoms with Crippen molar-refractivity contribution in [1.82, 2.24) is 0 Å². The molecular weight excluding hydrogens is 224 g/mol. The van der Waals surface area contributed by atoms with Gasteiger partial charge in [0.25, 0.3) is 0 Å². The second kappa shape index (κ2) is 5.32. The van der Waals surface area contributed by atoms with Gasteiger partial charge in [0.15, 0.2) is 11.6 Å². The number of ether oxygens (including phenoxy) is 1. The van der Waals surface area contributed by atoms with Crippen LogP contribution in [0.3, 0.4) is 0 Å². The summed E-state index contributed by atoms with van der Waals surface area (Å²) in [7, 11) is -0.113. The Bertz CT molecular complexity index is 274. The second-order valence-corrected chi connectivity index (χ2v) is 7.53. The third kappa shape index (κ3) is 3.32. The normalized spacial score (nSPS) is 20.5. The molecule has 0 amide bonds. The van der Waals surface area contributed by atoms with E-state index in [1.165, 1.54) is 6.92 Å². The van der Waals surface area contributed by atoms with Crippen molar-refractivity contribution in [3.8, 4) is 0 Å². The van der Waals surface area contributed by atoms with Crippen LogP contribution in [0.2, 0.25) is 0 Å².